The number of hydrogen-bond acceptors (Lipinski definition) is 5. The van der Waals surface area contributed by atoms with Crippen molar-refractivity contribution in [2.45, 2.75) is 32.8 Å². The third-order valence-electron chi connectivity index (χ3n) is 5.64. The first-order valence-corrected chi connectivity index (χ1v) is 10.3. The van der Waals surface area contributed by atoms with E-state index in [9.17, 15) is 19.2 Å². The Kier molecular flexibility index (Phi) is 5.69. The third-order valence-corrected chi connectivity index (χ3v) is 5.64. The lowest BCUT2D eigenvalue weighted by atomic mass is 10.1. The quantitative estimate of drug-likeness (QED) is 0.695. The number of hydrogen-bond donors (Lipinski definition) is 1. The van der Waals surface area contributed by atoms with Crippen LogP contribution in [0.1, 0.15) is 43.9 Å². The maximum absolute atomic E-state index is 12.4. The molecule has 160 valence electrons. The number of ketones is 1. The highest BCUT2D eigenvalue weighted by Gasteiger charge is 2.35. The van der Waals surface area contributed by atoms with Crippen molar-refractivity contribution in [3.63, 3.8) is 0 Å². The summed E-state index contributed by atoms with van der Waals surface area (Å²) in [5, 5.41) is 2.84. The monoisotopic (exact) mass is 420 g/mol. The van der Waals surface area contributed by atoms with Crippen LogP contribution >= 0.6 is 0 Å². The molecule has 7 nitrogen and oxygen atoms in total. The van der Waals surface area contributed by atoms with E-state index in [0.29, 0.717) is 5.69 Å². The molecule has 3 amide bonds. The smallest absolute Gasteiger partial charge is 0.232 e. The van der Waals surface area contributed by atoms with Crippen molar-refractivity contribution >= 4 is 29.2 Å². The number of Topliss-reactive ketones (excluding diaryl/α,β-unsaturated/α-hetero) is 1. The van der Waals surface area contributed by atoms with Gasteiger partial charge in [0, 0.05) is 31.0 Å². The van der Waals surface area contributed by atoms with E-state index in [2.05, 4.69) is 5.32 Å². The van der Waals surface area contributed by atoms with E-state index in [0.717, 1.165) is 27.2 Å². The number of likely N-dealkylation sites (tertiary alicyclic amines) is 1. The maximum atomic E-state index is 12.4. The normalized spacial score (nSPS) is 19.4. The van der Waals surface area contributed by atoms with Gasteiger partial charge in [-0.25, -0.2) is 0 Å². The van der Waals surface area contributed by atoms with Crippen molar-refractivity contribution in [1.29, 1.82) is 0 Å². The molecule has 1 aliphatic carbocycles. The summed E-state index contributed by atoms with van der Waals surface area (Å²) in [5.74, 6) is -1.11. The molecule has 0 radical (unpaired) electrons. The van der Waals surface area contributed by atoms with Gasteiger partial charge in [-0.05, 0) is 41.3 Å². The highest BCUT2D eigenvalue weighted by Crippen LogP contribution is 2.46. The van der Waals surface area contributed by atoms with E-state index < -0.39 is 0 Å². The molecule has 0 aromatic heterocycles. The Bertz CT molecular complexity index is 1080. The minimum Gasteiger partial charge on any atom is -0.361 e. The molecule has 7 heteroatoms. The van der Waals surface area contributed by atoms with Crippen LogP contribution in [0.15, 0.2) is 42.5 Å². The molecule has 1 heterocycles. The van der Waals surface area contributed by atoms with Crippen LogP contribution in [0.5, 0.6) is 0 Å². The number of amides is 3. The molecule has 2 aliphatic rings. The summed E-state index contributed by atoms with van der Waals surface area (Å²) < 4.78 is 5.88. The first-order chi connectivity index (χ1) is 14.8. The Labute approximate surface area is 180 Å². The predicted octanol–water partition coefficient (Wildman–Crippen LogP) is 3.09. The molecule has 2 aromatic rings. The second-order valence-electron chi connectivity index (χ2n) is 8.07. The van der Waals surface area contributed by atoms with Crippen LogP contribution < -0.4 is 5.32 Å². The van der Waals surface area contributed by atoms with Crippen molar-refractivity contribution in [3.05, 3.63) is 53.6 Å². The van der Waals surface area contributed by atoms with Gasteiger partial charge in [0.15, 0.2) is 5.78 Å². The topological polar surface area (TPSA) is 92.8 Å². The number of rotatable bonds is 7. The number of fused-ring (bicyclic) bond motifs is 3. The SMILES string of the molecule is CC(=O)COC1c2ccccc2-c2ccc(NC(=O)CCN3C(=O)CC(C)C3=O)cc21. The standard InChI is InChI=1S/C24H24N2O5/c1-14-11-22(29)26(24(14)30)10-9-21(28)25-16-7-8-18-17-5-3-4-6-19(17)23(20(18)12-16)31-13-15(2)27/h3-8,12,14,23H,9-11,13H2,1-2H3,(H,25,28). The van der Waals surface area contributed by atoms with Crippen molar-refractivity contribution in [3.8, 4) is 11.1 Å². The average molecular weight is 420 g/mol. The molecule has 0 bridgehead atoms. The molecule has 0 saturated carbocycles. The van der Waals surface area contributed by atoms with Crippen molar-refractivity contribution in [2.24, 2.45) is 5.92 Å². The summed E-state index contributed by atoms with van der Waals surface area (Å²) in [5.41, 5.74) is 4.52. The van der Waals surface area contributed by atoms with Gasteiger partial charge in [-0.2, -0.15) is 0 Å². The molecular formula is C24H24N2O5. The van der Waals surface area contributed by atoms with Crippen LogP contribution in [0.2, 0.25) is 0 Å². The van der Waals surface area contributed by atoms with Gasteiger partial charge in [0.05, 0.1) is 0 Å². The number of imide groups is 1. The van der Waals surface area contributed by atoms with Gasteiger partial charge < -0.3 is 10.1 Å². The molecule has 4 rings (SSSR count). The summed E-state index contributed by atoms with van der Waals surface area (Å²) in [7, 11) is 0. The Morgan fingerprint density at radius 2 is 1.84 bits per heavy atom. The number of benzene rings is 2. The van der Waals surface area contributed by atoms with E-state index in [-0.39, 0.29) is 61.5 Å². The summed E-state index contributed by atoms with van der Waals surface area (Å²) in [6.07, 6.45) is -0.146. The minimum absolute atomic E-state index is 0.00530. The summed E-state index contributed by atoms with van der Waals surface area (Å²) >= 11 is 0. The Hall–Kier alpha value is -3.32. The van der Waals surface area contributed by atoms with Gasteiger partial charge >= 0.3 is 0 Å². The van der Waals surface area contributed by atoms with E-state index in [4.69, 9.17) is 4.74 Å². The van der Waals surface area contributed by atoms with Crippen LogP contribution in [0, 0.1) is 5.92 Å². The fourth-order valence-corrected chi connectivity index (χ4v) is 4.14. The van der Waals surface area contributed by atoms with Gasteiger partial charge in [0.2, 0.25) is 17.7 Å². The van der Waals surface area contributed by atoms with Crippen LogP contribution in [0.4, 0.5) is 5.69 Å². The molecule has 31 heavy (non-hydrogen) atoms. The number of nitrogens with one attached hydrogen (secondary N) is 1. The Morgan fingerprint density at radius 3 is 2.55 bits per heavy atom. The van der Waals surface area contributed by atoms with Gasteiger partial charge in [0.25, 0.3) is 0 Å². The zero-order valence-electron chi connectivity index (χ0n) is 17.5. The second kappa shape index (κ2) is 8.43. The minimum atomic E-state index is -0.381. The van der Waals surface area contributed by atoms with Crippen LogP contribution in [-0.2, 0) is 23.9 Å². The number of anilines is 1. The molecule has 1 N–H and O–H groups in total. The van der Waals surface area contributed by atoms with Gasteiger partial charge in [-0.3, -0.25) is 24.1 Å². The van der Waals surface area contributed by atoms with E-state index in [1.54, 1.807) is 6.92 Å². The Morgan fingerprint density at radius 1 is 1.10 bits per heavy atom. The van der Waals surface area contributed by atoms with Gasteiger partial charge in [-0.1, -0.05) is 37.3 Å². The van der Waals surface area contributed by atoms with Crippen LogP contribution in [0.3, 0.4) is 0 Å². The molecular weight excluding hydrogens is 396 g/mol. The fourth-order valence-electron chi connectivity index (χ4n) is 4.14. The van der Waals surface area contributed by atoms with Crippen molar-refractivity contribution in [2.75, 3.05) is 18.5 Å². The highest BCUT2D eigenvalue weighted by atomic mass is 16.5. The van der Waals surface area contributed by atoms with Crippen LogP contribution in [0.25, 0.3) is 11.1 Å². The molecule has 2 unspecified atom stereocenters. The van der Waals surface area contributed by atoms with E-state index in [1.807, 2.05) is 42.5 Å². The molecule has 1 fully saturated rings. The zero-order valence-corrected chi connectivity index (χ0v) is 17.5. The van der Waals surface area contributed by atoms with E-state index >= 15 is 0 Å². The lowest BCUT2D eigenvalue weighted by molar-refractivity contribution is -0.139. The number of nitrogens with zero attached hydrogens (tertiary/aromatic N) is 1. The number of carbonyl (C=O) groups is 4. The molecule has 0 spiro atoms. The third kappa shape index (κ3) is 4.14. The second-order valence-corrected chi connectivity index (χ2v) is 8.07. The van der Waals surface area contributed by atoms with Gasteiger partial charge in [-0.15, -0.1) is 0 Å². The van der Waals surface area contributed by atoms with Crippen LogP contribution in [-0.4, -0.2) is 41.6 Å². The highest BCUT2D eigenvalue weighted by molar-refractivity contribution is 6.03. The lowest BCUT2D eigenvalue weighted by Gasteiger charge is -2.16. The molecule has 1 saturated heterocycles. The predicted molar refractivity (Wildman–Crippen MR) is 114 cm³/mol. The zero-order chi connectivity index (χ0) is 22.1. The fraction of sp³-hybridized carbons (Fsp3) is 0.333. The summed E-state index contributed by atoms with van der Waals surface area (Å²) in [6.45, 7) is 3.28. The van der Waals surface area contributed by atoms with Crippen molar-refractivity contribution < 1.29 is 23.9 Å². The molecule has 1 aliphatic heterocycles. The molecule has 2 atom stereocenters. The Balaban J connectivity index is 1.48. The van der Waals surface area contributed by atoms with E-state index in [1.165, 1.54) is 6.92 Å². The first-order valence-electron chi connectivity index (χ1n) is 10.3. The van der Waals surface area contributed by atoms with Crippen molar-refractivity contribution in [1.82, 2.24) is 4.90 Å². The summed E-state index contributed by atoms with van der Waals surface area (Å²) in [4.78, 5) is 48.9. The largest absolute Gasteiger partial charge is 0.361 e. The lowest BCUT2D eigenvalue weighted by Crippen LogP contribution is -2.33. The number of carbonyl (C=O) groups excluding carboxylic acids is 4. The first kappa shape index (κ1) is 20.9. The average Bonchev–Trinajstić information content (AvgIpc) is 3.17. The summed E-state index contributed by atoms with van der Waals surface area (Å²) in [6, 6.07) is 13.5. The maximum Gasteiger partial charge on any atom is 0.232 e. The number of ether oxygens (including phenoxy) is 1. The van der Waals surface area contributed by atoms with Gasteiger partial charge in [0.1, 0.15) is 12.7 Å². The molecule has 2 aromatic carbocycles.